The van der Waals surface area contributed by atoms with Gasteiger partial charge in [0.15, 0.2) is 0 Å². The summed E-state index contributed by atoms with van der Waals surface area (Å²) >= 11 is 0. The minimum absolute atomic E-state index is 0.143. The minimum Gasteiger partial charge on any atom is -0.393 e. The maximum absolute atomic E-state index is 10.1. The maximum Gasteiger partial charge on any atom is 0.0901 e. The summed E-state index contributed by atoms with van der Waals surface area (Å²) in [5.41, 5.74) is 2.48. The Bertz CT molecular complexity index is 607. The summed E-state index contributed by atoms with van der Waals surface area (Å²) < 4.78 is 0. The van der Waals surface area contributed by atoms with Crippen LogP contribution in [0.4, 0.5) is 0 Å². The number of aliphatic hydroxyl groups is 2. The Morgan fingerprint density at radius 1 is 1.09 bits per heavy atom. The Balaban J connectivity index is 1.67. The van der Waals surface area contributed by atoms with Gasteiger partial charge in [-0.05, 0) is 36.6 Å². The molecular formula is C18H22N2O2. The zero-order valence-corrected chi connectivity index (χ0v) is 12.7. The summed E-state index contributed by atoms with van der Waals surface area (Å²) in [4.78, 5) is 6.71. The Hall–Kier alpha value is -1.75. The number of aromatic nitrogens is 1. The van der Waals surface area contributed by atoms with E-state index in [4.69, 9.17) is 0 Å². The lowest BCUT2D eigenvalue weighted by molar-refractivity contribution is -0.0606. The van der Waals surface area contributed by atoms with Gasteiger partial charge in [-0.15, -0.1) is 0 Å². The summed E-state index contributed by atoms with van der Waals surface area (Å²) in [7, 11) is 0. The molecule has 1 saturated heterocycles. The van der Waals surface area contributed by atoms with Crippen molar-refractivity contribution in [1.29, 1.82) is 0 Å². The Labute approximate surface area is 131 Å². The molecule has 0 spiro atoms. The standard InChI is InChI=1S/C18H22N2O2/c21-14-18(22)7-10-20(11-8-18)13-15-4-3-5-16(12-15)17-6-1-2-9-19-17/h1-6,9,12,21-22H,7-8,10-11,13-14H2. The van der Waals surface area contributed by atoms with Gasteiger partial charge in [-0.25, -0.2) is 0 Å². The molecule has 2 aromatic rings. The topological polar surface area (TPSA) is 56.6 Å². The molecule has 1 aliphatic heterocycles. The summed E-state index contributed by atoms with van der Waals surface area (Å²) in [6.07, 6.45) is 3.06. The lowest BCUT2D eigenvalue weighted by atomic mass is 9.92. The third kappa shape index (κ3) is 3.53. The van der Waals surface area contributed by atoms with Gasteiger partial charge >= 0.3 is 0 Å². The quantitative estimate of drug-likeness (QED) is 0.907. The summed E-state index contributed by atoms with van der Waals surface area (Å²) in [5, 5.41) is 19.3. The SMILES string of the molecule is OCC1(O)CCN(Cc2cccc(-c3ccccn3)c2)CC1. The molecule has 0 saturated carbocycles. The Morgan fingerprint density at radius 2 is 1.91 bits per heavy atom. The fourth-order valence-corrected chi connectivity index (χ4v) is 2.91. The second kappa shape index (κ2) is 6.57. The second-order valence-corrected chi connectivity index (χ2v) is 6.07. The summed E-state index contributed by atoms with van der Waals surface area (Å²) in [6.45, 7) is 2.34. The van der Waals surface area contributed by atoms with Crippen LogP contribution in [0.5, 0.6) is 0 Å². The molecule has 4 heteroatoms. The molecule has 4 nitrogen and oxygen atoms in total. The van der Waals surface area contributed by atoms with E-state index in [0.717, 1.165) is 30.9 Å². The van der Waals surface area contributed by atoms with E-state index in [-0.39, 0.29) is 6.61 Å². The van der Waals surface area contributed by atoms with Gasteiger partial charge in [0.1, 0.15) is 0 Å². The fourth-order valence-electron chi connectivity index (χ4n) is 2.91. The van der Waals surface area contributed by atoms with Gasteiger partial charge in [0.25, 0.3) is 0 Å². The number of hydrogen-bond acceptors (Lipinski definition) is 4. The number of benzene rings is 1. The van der Waals surface area contributed by atoms with Crippen molar-refractivity contribution >= 4 is 0 Å². The van der Waals surface area contributed by atoms with Crippen molar-refractivity contribution in [2.45, 2.75) is 25.0 Å². The van der Waals surface area contributed by atoms with Crippen LogP contribution >= 0.6 is 0 Å². The highest BCUT2D eigenvalue weighted by atomic mass is 16.3. The van der Waals surface area contributed by atoms with Crippen molar-refractivity contribution in [2.75, 3.05) is 19.7 Å². The third-order valence-electron chi connectivity index (χ3n) is 4.37. The highest BCUT2D eigenvalue weighted by Gasteiger charge is 2.31. The fraction of sp³-hybridized carbons (Fsp3) is 0.389. The first kappa shape index (κ1) is 15.2. The zero-order valence-electron chi connectivity index (χ0n) is 12.7. The average molecular weight is 298 g/mol. The van der Waals surface area contributed by atoms with Gasteiger partial charge in [-0.3, -0.25) is 9.88 Å². The van der Waals surface area contributed by atoms with Crippen molar-refractivity contribution in [1.82, 2.24) is 9.88 Å². The minimum atomic E-state index is -0.883. The maximum atomic E-state index is 10.1. The van der Waals surface area contributed by atoms with Crippen molar-refractivity contribution in [3.8, 4) is 11.3 Å². The van der Waals surface area contributed by atoms with Crippen LogP contribution in [0.3, 0.4) is 0 Å². The van der Waals surface area contributed by atoms with E-state index < -0.39 is 5.60 Å². The van der Waals surface area contributed by atoms with E-state index in [0.29, 0.717) is 12.8 Å². The van der Waals surface area contributed by atoms with Crippen LogP contribution in [-0.4, -0.2) is 45.4 Å². The summed E-state index contributed by atoms with van der Waals surface area (Å²) in [5.74, 6) is 0. The Kier molecular flexibility index (Phi) is 4.52. The predicted octanol–water partition coefficient (Wildman–Crippen LogP) is 2.07. The summed E-state index contributed by atoms with van der Waals surface area (Å²) in [6, 6.07) is 14.4. The number of pyridine rings is 1. The molecular weight excluding hydrogens is 276 g/mol. The van der Waals surface area contributed by atoms with Crippen molar-refractivity contribution in [2.24, 2.45) is 0 Å². The van der Waals surface area contributed by atoms with Crippen LogP contribution in [0.1, 0.15) is 18.4 Å². The molecule has 0 bridgehead atoms. The van der Waals surface area contributed by atoms with Crippen molar-refractivity contribution in [3.63, 3.8) is 0 Å². The van der Waals surface area contributed by atoms with Gasteiger partial charge in [0.05, 0.1) is 17.9 Å². The zero-order chi connectivity index (χ0) is 15.4. The van der Waals surface area contributed by atoms with Crippen LogP contribution in [-0.2, 0) is 6.54 Å². The number of piperidine rings is 1. The first-order valence-corrected chi connectivity index (χ1v) is 7.74. The molecule has 2 N–H and O–H groups in total. The van der Waals surface area contributed by atoms with Gasteiger partial charge in [0, 0.05) is 31.4 Å². The number of aliphatic hydroxyl groups excluding tert-OH is 1. The van der Waals surface area contributed by atoms with E-state index in [1.165, 1.54) is 5.56 Å². The second-order valence-electron chi connectivity index (χ2n) is 6.07. The van der Waals surface area contributed by atoms with Crippen LogP contribution < -0.4 is 0 Å². The molecule has 1 aromatic carbocycles. The van der Waals surface area contributed by atoms with E-state index in [2.05, 4.69) is 34.1 Å². The van der Waals surface area contributed by atoms with Gasteiger partial charge in [-0.1, -0.05) is 24.3 Å². The molecule has 1 aliphatic rings. The average Bonchev–Trinajstić information content (AvgIpc) is 2.58. The lowest BCUT2D eigenvalue weighted by Crippen LogP contribution is -2.46. The number of rotatable bonds is 4. The predicted molar refractivity (Wildman–Crippen MR) is 86.2 cm³/mol. The molecule has 1 fully saturated rings. The van der Waals surface area contributed by atoms with E-state index >= 15 is 0 Å². The molecule has 22 heavy (non-hydrogen) atoms. The third-order valence-corrected chi connectivity index (χ3v) is 4.37. The van der Waals surface area contributed by atoms with E-state index in [1.807, 2.05) is 24.4 Å². The molecule has 0 radical (unpaired) electrons. The molecule has 116 valence electrons. The number of likely N-dealkylation sites (tertiary alicyclic amines) is 1. The molecule has 3 rings (SSSR count). The molecule has 1 aromatic heterocycles. The highest BCUT2D eigenvalue weighted by molar-refractivity contribution is 5.59. The van der Waals surface area contributed by atoms with Crippen LogP contribution in [0, 0.1) is 0 Å². The van der Waals surface area contributed by atoms with Gasteiger partial charge in [0.2, 0.25) is 0 Å². The van der Waals surface area contributed by atoms with Crippen LogP contribution in [0.2, 0.25) is 0 Å². The molecule has 0 unspecified atom stereocenters. The molecule has 0 aliphatic carbocycles. The van der Waals surface area contributed by atoms with Gasteiger partial charge in [-0.2, -0.15) is 0 Å². The number of nitrogens with zero attached hydrogens (tertiary/aromatic N) is 2. The van der Waals surface area contributed by atoms with Crippen LogP contribution in [0.15, 0.2) is 48.7 Å². The Morgan fingerprint density at radius 3 is 2.59 bits per heavy atom. The highest BCUT2D eigenvalue weighted by Crippen LogP contribution is 2.24. The van der Waals surface area contributed by atoms with E-state index in [9.17, 15) is 10.2 Å². The van der Waals surface area contributed by atoms with Crippen LogP contribution in [0.25, 0.3) is 11.3 Å². The normalized spacial score (nSPS) is 18.3. The molecule has 0 amide bonds. The van der Waals surface area contributed by atoms with Crippen molar-refractivity contribution < 1.29 is 10.2 Å². The smallest absolute Gasteiger partial charge is 0.0901 e. The van der Waals surface area contributed by atoms with Crippen molar-refractivity contribution in [3.05, 3.63) is 54.2 Å². The lowest BCUT2D eigenvalue weighted by Gasteiger charge is -2.37. The van der Waals surface area contributed by atoms with E-state index in [1.54, 1.807) is 0 Å². The number of hydrogen-bond donors (Lipinski definition) is 2. The first-order chi connectivity index (χ1) is 10.7. The molecule has 0 atom stereocenters. The first-order valence-electron chi connectivity index (χ1n) is 7.74. The van der Waals surface area contributed by atoms with Gasteiger partial charge < -0.3 is 10.2 Å². The molecule has 2 heterocycles. The monoisotopic (exact) mass is 298 g/mol. The largest absolute Gasteiger partial charge is 0.393 e.